The monoisotopic (exact) mass is 124 g/mol. The lowest BCUT2D eigenvalue weighted by Gasteiger charge is -1.99. The number of hydrogen-bond acceptors (Lipinski definition) is 0. The summed E-state index contributed by atoms with van der Waals surface area (Å²) in [6.07, 6.45) is 7.88. The van der Waals surface area contributed by atoms with Crippen molar-refractivity contribution < 1.29 is 0 Å². The third kappa shape index (κ3) is 2.21. The van der Waals surface area contributed by atoms with Gasteiger partial charge in [0.25, 0.3) is 0 Å². The smallest absolute Gasteiger partial charge is 0.0292 e. The van der Waals surface area contributed by atoms with Crippen LogP contribution in [0.4, 0.5) is 0 Å². The second kappa shape index (κ2) is 3.05. The highest BCUT2D eigenvalue weighted by atomic mass is 14.3. The molecule has 0 aliphatic heterocycles. The average molecular weight is 124 g/mol. The Bertz CT molecular complexity index is 107. The third-order valence-corrected chi connectivity index (χ3v) is 2.11. The van der Waals surface area contributed by atoms with E-state index in [1.165, 1.54) is 25.7 Å². The summed E-state index contributed by atoms with van der Waals surface area (Å²) in [4.78, 5) is 0. The van der Waals surface area contributed by atoms with Crippen molar-refractivity contribution in [3.8, 4) is 0 Å². The summed E-state index contributed by atoms with van der Waals surface area (Å²) in [5, 5.41) is 0. The van der Waals surface area contributed by atoms with Crippen molar-refractivity contribution in [2.24, 2.45) is 5.92 Å². The van der Waals surface area contributed by atoms with Gasteiger partial charge in [0, 0.05) is 0 Å². The molecule has 0 N–H and O–H groups in total. The van der Waals surface area contributed by atoms with Crippen LogP contribution in [0, 0.1) is 5.92 Å². The van der Waals surface area contributed by atoms with E-state index in [2.05, 4.69) is 19.9 Å². The van der Waals surface area contributed by atoms with Crippen LogP contribution < -0.4 is 0 Å². The SMILES string of the molecule is CC=C(CC)CC1CC1. The zero-order valence-corrected chi connectivity index (χ0v) is 6.48. The maximum absolute atomic E-state index is 2.28. The molecular formula is C9H16. The van der Waals surface area contributed by atoms with Crippen LogP contribution in [0.5, 0.6) is 0 Å². The van der Waals surface area contributed by atoms with Crippen molar-refractivity contribution >= 4 is 0 Å². The van der Waals surface area contributed by atoms with E-state index in [-0.39, 0.29) is 0 Å². The first kappa shape index (κ1) is 6.85. The molecule has 0 heteroatoms. The van der Waals surface area contributed by atoms with Crippen molar-refractivity contribution in [1.82, 2.24) is 0 Å². The fraction of sp³-hybridized carbons (Fsp3) is 0.778. The normalized spacial score (nSPS) is 20.4. The van der Waals surface area contributed by atoms with Gasteiger partial charge in [0.2, 0.25) is 0 Å². The Morgan fingerprint density at radius 1 is 1.56 bits per heavy atom. The van der Waals surface area contributed by atoms with Crippen molar-refractivity contribution in [3.05, 3.63) is 11.6 Å². The Balaban J connectivity index is 2.21. The van der Waals surface area contributed by atoms with Gasteiger partial charge in [-0.3, -0.25) is 0 Å². The highest BCUT2D eigenvalue weighted by Gasteiger charge is 2.21. The summed E-state index contributed by atoms with van der Waals surface area (Å²) < 4.78 is 0. The van der Waals surface area contributed by atoms with E-state index in [0.717, 1.165) is 5.92 Å². The van der Waals surface area contributed by atoms with Crippen LogP contribution in [0.3, 0.4) is 0 Å². The molecule has 0 saturated heterocycles. The minimum atomic E-state index is 1.07. The van der Waals surface area contributed by atoms with Gasteiger partial charge in [-0.1, -0.05) is 18.6 Å². The molecule has 0 atom stereocenters. The quantitative estimate of drug-likeness (QED) is 0.507. The summed E-state index contributed by atoms with van der Waals surface area (Å²) >= 11 is 0. The van der Waals surface area contributed by atoms with Crippen LogP contribution >= 0.6 is 0 Å². The Labute approximate surface area is 58.0 Å². The van der Waals surface area contributed by atoms with E-state index in [4.69, 9.17) is 0 Å². The average Bonchev–Trinajstić information content (AvgIpc) is 2.66. The Morgan fingerprint density at radius 3 is 2.56 bits per heavy atom. The van der Waals surface area contributed by atoms with E-state index in [9.17, 15) is 0 Å². The standard InChI is InChI=1S/C9H16/c1-3-8(4-2)7-9-5-6-9/h3,9H,4-7H2,1-2H3. The predicted octanol–water partition coefficient (Wildman–Crippen LogP) is 3.14. The minimum absolute atomic E-state index is 1.07. The van der Waals surface area contributed by atoms with E-state index in [1.54, 1.807) is 5.57 Å². The van der Waals surface area contributed by atoms with Gasteiger partial charge in [-0.05, 0) is 38.5 Å². The molecule has 1 fully saturated rings. The van der Waals surface area contributed by atoms with Crippen molar-refractivity contribution in [1.29, 1.82) is 0 Å². The van der Waals surface area contributed by atoms with E-state index >= 15 is 0 Å². The molecule has 0 heterocycles. The van der Waals surface area contributed by atoms with Gasteiger partial charge in [-0.15, -0.1) is 0 Å². The molecule has 52 valence electrons. The van der Waals surface area contributed by atoms with Gasteiger partial charge >= 0.3 is 0 Å². The maximum atomic E-state index is 2.28. The first-order valence-electron chi connectivity index (χ1n) is 4.00. The molecule has 0 unspecified atom stereocenters. The van der Waals surface area contributed by atoms with E-state index in [0.29, 0.717) is 0 Å². The predicted molar refractivity (Wildman–Crippen MR) is 41.4 cm³/mol. The van der Waals surface area contributed by atoms with Crippen molar-refractivity contribution in [3.63, 3.8) is 0 Å². The summed E-state index contributed by atoms with van der Waals surface area (Å²) in [6, 6.07) is 0. The van der Waals surface area contributed by atoms with Crippen LogP contribution in [0.25, 0.3) is 0 Å². The van der Waals surface area contributed by atoms with E-state index in [1.807, 2.05) is 0 Å². The second-order valence-corrected chi connectivity index (χ2v) is 2.95. The summed E-state index contributed by atoms with van der Waals surface area (Å²) in [6.45, 7) is 4.40. The molecule has 0 radical (unpaired) electrons. The fourth-order valence-electron chi connectivity index (χ4n) is 1.16. The fourth-order valence-corrected chi connectivity index (χ4v) is 1.16. The highest BCUT2D eigenvalue weighted by molar-refractivity contribution is 5.02. The first-order valence-corrected chi connectivity index (χ1v) is 4.00. The van der Waals surface area contributed by atoms with Crippen LogP contribution in [-0.2, 0) is 0 Å². The molecule has 0 aromatic heterocycles. The maximum Gasteiger partial charge on any atom is -0.0292 e. The summed E-state index contributed by atoms with van der Waals surface area (Å²) in [7, 11) is 0. The number of hydrogen-bond donors (Lipinski definition) is 0. The zero-order valence-electron chi connectivity index (χ0n) is 6.48. The van der Waals surface area contributed by atoms with Crippen molar-refractivity contribution in [2.45, 2.75) is 39.5 Å². The van der Waals surface area contributed by atoms with Gasteiger partial charge in [0.15, 0.2) is 0 Å². The Kier molecular flexibility index (Phi) is 2.32. The molecule has 0 spiro atoms. The highest BCUT2D eigenvalue weighted by Crippen LogP contribution is 2.35. The number of rotatable bonds is 3. The van der Waals surface area contributed by atoms with Crippen molar-refractivity contribution in [2.75, 3.05) is 0 Å². The lowest BCUT2D eigenvalue weighted by atomic mass is 10.1. The molecule has 1 saturated carbocycles. The number of allylic oxidation sites excluding steroid dienone is 2. The molecule has 9 heavy (non-hydrogen) atoms. The molecular weight excluding hydrogens is 108 g/mol. The topological polar surface area (TPSA) is 0 Å². The van der Waals surface area contributed by atoms with Crippen LogP contribution in [0.1, 0.15) is 39.5 Å². The Hall–Kier alpha value is -0.260. The molecule has 1 aliphatic carbocycles. The summed E-state index contributed by atoms with van der Waals surface area (Å²) in [5.41, 5.74) is 1.65. The minimum Gasteiger partial charge on any atom is -0.0885 e. The van der Waals surface area contributed by atoms with Crippen LogP contribution in [0.15, 0.2) is 11.6 Å². The summed E-state index contributed by atoms with van der Waals surface area (Å²) in [5.74, 6) is 1.07. The van der Waals surface area contributed by atoms with Gasteiger partial charge in [-0.2, -0.15) is 0 Å². The zero-order chi connectivity index (χ0) is 6.69. The van der Waals surface area contributed by atoms with Gasteiger partial charge < -0.3 is 0 Å². The molecule has 0 nitrogen and oxygen atoms in total. The van der Waals surface area contributed by atoms with Gasteiger partial charge in [-0.25, -0.2) is 0 Å². The third-order valence-electron chi connectivity index (χ3n) is 2.11. The molecule has 1 rings (SSSR count). The van der Waals surface area contributed by atoms with E-state index < -0.39 is 0 Å². The first-order chi connectivity index (χ1) is 4.36. The molecule has 0 amide bonds. The largest absolute Gasteiger partial charge is 0.0885 e. The van der Waals surface area contributed by atoms with Crippen LogP contribution in [-0.4, -0.2) is 0 Å². The van der Waals surface area contributed by atoms with Crippen LogP contribution in [0.2, 0.25) is 0 Å². The van der Waals surface area contributed by atoms with Gasteiger partial charge in [0.1, 0.15) is 0 Å². The lowest BCUT2D eigenvalue weighted by molar-refractivity contribution is 0.787. The molecule has 0 bridgehead atoms. The molecule has 1 aliphatic rings. The second-order valence-electron chi connectivity index (χ2n) is 2.95. The van der Waals surface area contributed by atoms with Gasteiger partial charge in [0.05, 0.1) is 0 Å². The Morgan fingerprint density at radius 2 is 2.22 bits per heavy atom. The molecule has 0 aromatic rings. The lowest BCUT2D eigenvalue weighted by Crippen LogP contribution is -1.81. The molecule has 0 aromatic carbocycles.